The molecule has 0 fully saturated rings. The molecule has 2 aromatic rings. The lowest BCUT2D eigenvalue weighted by molar-refractivity contribution is -0.121. The molecule has 0 saturated carbocycles. The average Bonchev–Trinajstić information content (AvgIpc) is 2.63. The van der Waals surface area contributed by atoms with Crippen molar-refractivity contribution in [2.45, 2.75) is 19.4 Å². The van der Waals surface area contributed by atoms with E-state index in [1.807, 2.05) is 18.2 Å². The summed E-state index contributed by atoms with van der Waals surface area (Å²) < 4.78 is 30.6. The first-order valence-electron chi connectivity index (χ1n) is 8.18. The molecule has 1 aromatic carbocycles. The van der Waals surface area contributed by atoms with Crippen LogP contribution < -0.4 is 14.4 Å². The molecule has 7 nitrogen and oxygen atoms in total. The van der Waals surface area contributed by atoms with Gasteiger partial charge < -0.3 is 10.1 Å². The summed E-state index contributed by atoms with van der Waals surface area (Å²) in [6.07, 6.45) is 3.44. The van der Waals surface area contributed by atoms with E-state index in [-0.39, 0.29) is 18.9 Å². The van der Waals surface area contributed by atoms with E-state index in [1.54, 1.807) is 30.5 Å². The van der Waals surface area contributed by atoms with Crippen molar-refractivity contribution in [3.05, 3.63) is 54.4 Å². The van der Waals surface area contributed by atoms with Crippen LogP contribution in [0.25, 0.3) is 0 Å². The Balaban J connectivity index is 1.90. The summed E-state index contributed by atoms with van der Waals surface area (Å²) in [6, 6.07) is 12.3. The fourth-order valence-corrected chi connectivity index (χ4v) is 3.37. The van der Waals surface area contributed by atoms with Crippen LogP contribution in [0.3, 0.4) is 0 Å². The van der Waals surface area contributed by atoms with Gasteiger partial charge in [-0.05, 0) is 30.7 Å². The minimum Gasteiger partial charge on any atom is -0.497 e. The number of carbonyl (C=O) groups is 1. The third-order valence-corrected chi connectivity index (χ3v) is 4.89. The van der Waals surface area contributed by atoms with Gasteiger partial charge in [-0.1, -0.05) is 12.1 Å². The van der Waals surface area contributed by atoms with Crippen LogP contribution in [0.2, 0.25) is 0 Å². The smallest absolute Gasteiger partial charge is 0.232 e. The molecule has 2 rings (SSSR count). The fraction of sp³-hybridized carbons (Fsp3) is 0.333. The van der Waals surface area contributed by atoms with Gasteiger partial charge in [0.15, 0.2) is 0 Å². The zero-order valence-electron chi connectivity index (χ0n) is 14.9. The monoisotopic (exact) mass is 377 g/mol. The topological polar surface area (TPSA) is 88.6 Å². The molecule has 0 aliphatic rings. The van der Waals surface area contributed by atoms with Crippen molar-refractivity contribution >= 4 is 21.6 Å². The van der Waals surface area contributed by atoms with Crippen LogP contribution in [-0.4, -0.2) is 39.2 Å². The summed E-state index contributed by atoms with van der Waals surface area (Å²) >= 11 is 0. The normalized spacial score (nSPS) is 11.0. The molecule has 0 spiro atoms. The van der Waals surface area contributed by atoms with E-state index in [2.05, 4.69) is 10.3 Å². The van der Waals surface area contributed by atoms with E-state index in [0.29, 0.717) is 24.4 Å². The van der Waals surface area contributed by atoms with E-state index in [0.717, 1.165) is 11.9 Å². The van der Waals surface area contributed by atoms with Crippen LogP contribution >= 0.6 is 0 Å². The molecule has 0 bridgehead atoms. The molecule has 26 heavy (non-hydrogen) atoms. The predicted molar refractivity (Wildman–Crippen MR) is 101 cm³/mol. The maximum atomic E-state index is 12.1. The Morgan fingerprint density at radius 1 is 1.23 bits per heavy atom. The number of amides is 1. The fourth-order valence-electron chi connectivity index (χ4n) is 2.42. The van der Waals surface area contributed by atoms with E-state index in [4.69, 9.17) is 4.74 Å². The van der Waals surface area contributed by atoms with Crippen LogP contribution in [0, 0.1) is 0 Å². The first-order valence-corrected chi connectivity index (χ1v) is 10.0. The molecule has 0 aliphatic heterocycles. The standard InChI is InChI=1S/C18H23N3O4S/c1-25-17-9-5-8-16(13-17)21(26(2,23)24)12-6-10-18(22)20-14-15-7-3-4-11-19-15/h3-5,7-9,11,13H,6,10,12,14H2,1-2H3,(H,20,22). The number of hydrogen-bond acceptors (Lipinski definition) is 5. The maximum Gasteiger partial charge on any atom is 0.232 e. The van der Waals surface area contributed by atoms with Crippen molar-refractivity contribution in [2.75, 3.05) is 24.2 Å². The first-order chi connectivity index (χ1) is 12.4. The summed E-state index contributed by atoms with van der Waals surface area (Å²) in [4.78, 5) is 16.1. The lowest BCUT2D eigenvalue weighted by Gasteiger charge is -2.22. The lowest BCUT2D eigenvalue weighted by atomic mass is 10.2. The third-order valence-electron chi connectivity index (χ3n) is 3.70. The number of aromatic nitrogens is 1. The van der Waals surface area contributed by atoms with Gasteiger partial charge in [-0.25, -0.2) is 8.42 Å². The van der Waals surface area contributed by atoms with Gasteiger partial charge >= 0.3 is 0 Å². The van der Waals surface area contributed by atoms with Gasteiger partial charge in [-0.15, -0.1) is 0 Å². The Labute approximate surface area is 154 Å². The van der Waals surface area contributed by atoms with E-state index < -0.39 is 10.0 Å². The molecule has 1 amide bonds. The molecule has 140 valence electrons. The Morgan fingerprint density at radius 3 is 2.69 bits per heavy atom. The van der Waals surface area contributed by atoms with E-state index >= 15 is 0 Å². The van der Waals surface area contributed by atoms with Gasteiger partial charge in [0.1, 0.15) is 5.75 Å². The highest BCUT2D eigenvalue weighted by atomic mass is 32.2. The molecule has 1 N–H and O–H groups in total. The van der Waals surface area contributed by atoms with Crippen molar-refractivity contribution in [3.8, 4) is 5.75 Å². The molecule has 0 radical (unpaired) electrons. The molecular formula is C18H23N3O4S. The Morgan fingerprint density at radius 2 is 2.04 bits per heavy atom. The summed E-state index contributed by atoms with van der Waals surface area (Å²) in [5.41, 5.74) is 1.29. The van der Waals surface area contributed by atoms with Gasteiger partial charge in [0.05, 0.1) is 31.3 Å². The highest BCUT2D eigenvalue weighted by molar-refractivity contribution is 7.92. The number of benzene rings is 1. The summed E-state index contributed by atoms with van der Waals surface area (Å²) in [6.45, 7) is 0.564. The van der Waals surface area contributed by atoms with Gasteiger partial charge in [-0.2, -0.15) is 0 Å². The minimum atomic E-state index is -3.46. The zero-order chi connectivity index (χ0) is 19.0. The number of rotatable bonds is 9. The Kier molecular flexibility index (Phi) is 6.97. The van der Waals surface area contributed by atoms with Crippen molar-refractivity contribution in [1.29, 1.82) is 0 Å². The molecule has 0 aliphatic carbocycles. The van der Waals surface area contributed by atoms with E-state index in [9.17, 15) is 13.2 Å². The van der Waals surface area contributed by atoms with Crippen LogP contribution in [0.1, 0.15) is 18.5 Å². The van der Waals surface area contributed by atoms with Gasteiger partial charge in [0.2, 0.25) is 15.9 Å². The Hall–Kier alpha value is -2.61. The number of sulfonamides is 1. The molecule has 8 heteroatoms. The number of anilines is 1. The minimum absolute atomic E-state index is 0.144. The van der Waals surface area contributed by atoms with Crippen LogP contribution in [0.4, 0.5) is 5.69 Å². The molecule has 1 heterocycles. The van der Waals surface area contributed by atoms with Crippen LogP contribution in [0.5, 0.6) is 5.75 Å². The van der Waals surface area contributed by atoms with Gasteiger partial charge in [0.25, 0.3) is 0 Å². The number of ether oxygens (including phenoxy) is 1. The molecule has 1 aromatic heterocycles. The average molecular weight is 377 g/mol. The van der Waals surface area contributed by atoms with Crippen LogP contribution in [-0.2, 0) is 21.4 Å². The molecule has 0 atom stereocenters. The van der Waals surface area contributed by atoms with Crippen LogP contribution in [0.15, 0.2) is 48.7 Å². The molecule has 0 unspecified atom stereocenters. The third kappa shape index (κ3) is 6.03. The second-order valence-electron chi connectivity index (χ2n) is 5.74. The molecular weight excluding hydrogens is 354 g/mol. The van der Waals surface area contributed by atoms with E-state index in [1.165, 1.54) is 11.4 Å². The Bertz CT molecular complexity index is 825. The first kappa shape index (κ1) is 19.7. The number of hydrogen-bond donors (Lipinski definition) is 1. The summed E-state index contributed by atoms with van der Waals surface area (Å²) in [5, 5.41) is 2.78. The highest BCUT2D eigenvalue weighted by Crippen LogP contribution is 2.23. The van der Waals surface area contributed by atoms with Crippen molar-refractivity contribution in [1.82, 2.24) is 10.3 Å². The number of nitrogens with zero attached hydrogens (tertiary/aromatic N) is 2. The van der Waals surface area contributed by atoms with Gasteiger partial charge in [0, 0.05) is 25.2 Å². The zero-order valence-corrected chi connectivity index (χ0v) is 15.7. The SMILES string of the molecule is COc1cccc(N(CCCC(=O)NCc2ccccn2)S(C)(=O)=O)c1. The van der Waals surface area contributed by atoms with Crippen molar-refractivity contribution < 1.29 is 17.9 Å². The molecule has 0 saturated heterocycles. The summed E-state index contributed by atoms with van der Waals surface area (Å²) in [7, 11) is -1.94. The van der Waals surface area contributed by atoms with Crippen molar-refractivity contribution in [3.63, 3.8) is 0 Å². The number of carbonyl (C=O) groups excluding carboxylic acids is 1. The highest BCUT2D eigenvalue weighted by Gasteiger charge is 2.18. The second kappa shape index (κ2) is 9.19. The largest absolute Gasteiger partial charge is 0.497 e. The number of nitrogens with one attached hydrogen (secondary N) is 1. The number of pyridine rings is 1. The summed E-state index contributed by atoms with van der Waals surface area (Å²) in [5.74, 6) is 0.430. The second-order valence-corrected chi connectivity index (χ2v) is 7.64. The quantitative estimate of drug-likeness (QED) is 0.722. The predicted octanol–water partition coefficient (Wildman–Crippen LogP) is 1.95. The van der Waals surface area contributed by atoms with Crippen molar-refractivity contribution in [2.24, 2.45) is 0 Å². The maximum absolute atomic E-state index is 12.1. The van der Waals surface area contributed by atoms with Gasteiger partial charge in [-0.3, -0.25) is 14.1 Å². The number of methoxy groups -OCH3 is 1. The lowest BCUT2D eigenvalue weighted by Crippen LogP contribution is -2.32.